The molecule has 3 N–H and O–H groups in total. The highest BCUT2D eigenvalue weighted by Gasteiger charge is 2.26. The first-order valence-electron chi connectivity index (χ1n) is 7.12. The molecule has 0 fully saturated rings. The number of ether oxygens (including phenoxy) is 2. The van der Waals surface area contributed by atoms with Crippen LogP contribution in [0.1, 0.15) is 51.3 Å². The Kier molecular flexibility index (Phi) is 7.25. The fourth-order valence-corrected chi connectivity index (χ4v) is 2.49. The molecule has 0 aliphatic rings. The average Bonchev–Trinajstić information content (AvgIpc) is 2.48. The molecule has 1 rings (SSSR count). The Morgan fingerprint density at radius 2 is 1.85 bits per heavy atom. The number of aromatic nitrogens is 2. The molecule has 0 aliphatic heterocycles. The van der Waals surface area contributed by atoms with Crippen LogP contribution in [0.15, 0.2) is 6.20 Å². The van der Waals surface area contributed by atoms with Crippen molar-refractivity contribution < 1.29 is 9.47 Å². The number of methoxy groups -OCH3 is 2. The quantitative estimate of drug-likeness (QED) is 0.534. The fourth-order valence-electron chi connectivity index (χ4n) is 2.49. The summed E-state index contributed by atoms with van der Waals surface area (Å²) in [6.07, 6.45) is 5.97. The molecule has 0 saturated heterocycles. The van der Waals surface area contributed by atoms with Crippen molar-refractivity contribution in [3.05, 3.63) is 11.9 Å². The fraction of sp³-hybridized carbons (Fsp3) is 0.714. The summed E-state index contributed by atoms with van der Waals surface area (Å²) < 4.78 is 10.4. The van der Waals surface area contributed by atoms with Crippen LogP contribution in [0, 0.1) is 5.92 Å². The molecule has 0 radical (unpaired) electrons. The Balaban J connectivity index is 3.08. The first-order valence-corrected chi connectivity index (χ1v) is 7.12. The van der Waals surface area contributed by atoms with Crippen LogP contribution in [0.25, 0.3) is 0 Å². The third kappa shape index (κ3) is 4.05. The van der Waals surface area contributed by atoms with Gasteiger partial charge in [0.2, 0.25) is 11.8 Å². The smallest absolute Gasteiger partial charge is 0.240 e. The minimum absolute atomic E-state index is 0.0664. The van der Waals surface area contributed by atoms with E-state index in [0.29, 0.717) is 17.7 Å². The van der Waals surface area contributed by atoms with Crippen molar-refractivity contribution in [3.63, 3.8) is 0 Å². The molecule has 1 atom stereocenters. The third-order valence-corrected chi connectivity index (χ3v) is 3.41. The maximum absolute atomic E-state index is 5.76. The van der Waals surface area contributed by atoms with E-state index in [4.69, 9.17) is 15.3 Å². The van der Waals surface area contributed by atoms with Crippen LogP contribution in [-0.2, 0) is 0 Å². The van der Waals surface area contributed by atoms with Crippen LogP contribution in [0.5, 0.6) is 11.8 Å². The Morgan fingerprint density at radius 3 is 2.30 bits per heavy atom. The number of hydrogen-bond donors (Lipinski definition) is 2. The van der Waals surface area contributed by atoms with E-state index < -0.39 is 0 Å². The zero-order chi connectivity index (χ0) is 15.0. The highest BCUT2D eigenvalue weighted by Crippen LogP contribution is 2.32. The van der Waals surface area contributed by atoms with Gasteiger partial charge >= 0.3 is 0 Å². The molecule has 1 aromatic heterocycles. The lowest BCUT2D eigenvalue weighted by Gasteiger charge is -2.26. The van der Waals surface area contributed by atoms with Gasteiger partial charge in [-0.05, 0) is 18.8 Å². The van der Waals surface area contributed by atoms with Gasteiger partial charge in [0, 0.05) is 0 Å². The van der Waals surface area contributed by atoms with Crippen LogP contribution in [0.2, 0.25) is 0 Å². The molecule has 20 heavy (non-hydrogen) atoms. The van der Waals surface area contributed by atoms with Crippen molar-refractivity contribution in [3.8, 4) is 11.8 Å². The molecule has 0 aliphatic carbocycles. The Hall–Kier alpha value is -1.40. The second kappa shape index (κ2) is 8.71. The van der Waals surface area contributed by atoms with Gasteiger partial charge in [-0.3, -0.25) is 11.3 Å². The third-order valence-electron chi connectivity index (χ3n) is 3.41. The Morgan fingerprint density at radius 1 is 1.20 bits per heavy atom. The summed E-state index contributed by atoms with van der Waals surface area (Å²) in [6, 6.07) is -0.0664. The van der Waals surface area contributed by atoms with E-state index in [-0.39, 0.29) is 6.04 Å². The Labute approximate surface area is 121 Å². The van der Waals surface area contributed by atoms with Crippen LogP contribution in [0.4, 0.5) is 0 Å². The first kappa shape index (κ1) is 16.7. The molecular formula is C14H26N4O2. The van der Waals surface area contributed by atoms with Crippen molar-refractivity contribution in [1.82, 2.24) is 15.4 Å². The molecule has 6 nitrogen and oxygen atoms in total. The van der Waals surface area contributed by atoms with E-state index in [2.05, 4.69) is 29.2 Å². The van der Waals surface area contributed by atoms with Crippen LogP contribution >= 0.6 is 0 Å². The molecule has 1 aromatic rings. The van der Waals surface area contributed by atoms with Crippen molar-refractivity contribution in [2.45, 2.75) is 45.6 Å². The number of nitrogens with two attached hydrogens (primary N) is 1. The van der Waals surface area contributed by atoms with Crippen molar-refractivity contribution in [2.75, 3.05) is 14.2 Å². The predicted octanol–water partition coefficient (Wildman–Crippen LogP) is 2.21. The summed E-state index contributed by atoms with van der Waals surface area (Å²) in [7, 11) is 3.13. The highest BCUT2D eigenvalue weighted by atomic mass is 16.5. The van der Waals surface area contributed by atoms with Gasteiger partial charge in [0.15, 0.2) is 0 Å². The average molecular weight is 282 g/mol. The zero-order valence-electron chi connectivity index (χ0n) is 12.8. The van der Waals surface area contributed by atoms with Crippen LogP contribution in [0.3, 0.4) is 0 Å². The standard InChI is InChI=1S/C14H26N4O2/c1-5-7-10(8-6-2)12(18-15)13-14(20-4)17-11(19-3)9-16-13/h9-10,12,18H,5-8,15H2,1-4H3. The van der Waals surface area contributed by atoms with Gasteiger partial charge in [0.1, 0.15) is 5.69 Å². The molecule has 1 unspecified atom stereocenters. The predicted molar refractivity (Wildman–Crippen MR) is 78.5 cm³/mol. The van der Waals surface area contributed by atoms with Gasteiger partial charge in [0.05, 0.1) is 26.5 Å². The van der Waals surface area contributed by atoms with E-state index in [1.54, 1.807) is 20.4 Å². The number of rotatable bonds is 9. The van der Waals surface area contributed by atoms with Gasteiger partial charge in [-0.2, -0.15) is 4.98 Å². The topological polar surface area (TPSA) is 82.3 Å². The molecular weight excluding hydrogens is 256 g/mol. The van der Waals surface area contributed by atoms with E-state index in [1.165, 1.54) is 0 Å². The lowest BCUT2D eigenvalue weighted by atomic mass is 9.89. The summed E-state index contributed by atoms with van der Waals surface area (Å²) in [6.45, 7) is 4.35. The molecule has 6 heteroatoms. The molecule has 0 amide bonds. The minimum atomic E-state index is -0.0664. The van der Waals surface area contributed by atoms with Gasteiger partial charge < -0.3 is 9.47 Å². The van der Waals surface area contributed by atoms with Gasteiger partial charge in [-0.1, -0.05) is 26.7 Å². The second-order valence-corrected chi connectivity index (χ2v) is 4.79. The number of nitrogens with one attached hydrogen (secondary N) is 1. The van der Waals surface area contributed by atoms with Gasteiger partial charge in [-0.25, -0.2) is 4.98 Å². The summed E-state index contributed by atoms with van der Waals surface area (Å²) in [5.74, 6) is 7.06. The molecule has 114 valence electrons. The summed E-state index contributed by atoms with van der Waals surface area (Å²) in [5, 5.41) is 0. The maximum atomic E-state index is 5.76. The maximum Gasteiger partial charge on any atom is 0.240 e. The zero-order valence-corrected chi connectivity index (χ0v) is 12.8. The number of hydrazine groups is 1. The van der Waals surface area contributed by atoms with E-state index in [9.17, 15) is 0 Å². The van der Waals surface area contributed by atoms with Crippen molar-refractivity contribution >= 4 is 0 Å². The monoisotopic (exact) mass is 282 g/mol. The van der Waals surface area contributed by atoms with E-state index >= 15 is 0 Å². The lowest BCUT2D eigenvalue weighted by molar-refractivity contribution is 0.293. The van der Waals surface area contributed by atoms with Gasteiger partial charge in [-0.15, -0.1) is 0 Å². The molecule has 1 heterocycles. The first-order chi connectivity index (χ1) is 9.71. The number of hydrogen-bond acceptors (Lipinski definition) is 6. The molecule has 0 bridgehead atoms. The molecule has 0 spiro atoms. The molecule has 0 saturated carbocycles. The van der Waals surface area contributed by atoms with Crippen LogP contribution in [-0.4, -0.2) is 24.2 Å². The van der Waals surface area contributed by atoms with E-state index in [1.807, 2.05) is 0 Å². The van der Waals surface area contributed by atoms with Crippen molar-refractivity contribution in [1.29, 1.82) is 0 Å². The normalized spacial score (nSPS) is 12.5. The van der Waals surface area contributed by atoms with Crippen LogP contribution < -0.4 is 20.7 Å². The summed E-state index contributed by atoms with van der Waals surface area (Å²) in [5.41, 5.74) is 3.62. The largest absolute Gasteiger partial charge is 0.480 e. The second-order valence-electron chi connectivity index (χ2n) is 4.79. The minimum Gasteiger partial charge on any atom is -0.480 e. The molecule has 0 aromatic carbocycles. The number of nitrogens with zero attached hydrogens (tertiary/aromatic N) is 2. The lowest BCUT2D eigenvalue weighted by Crippen LogP contribution is -2.34. The summed E-state index contributed by atoms with van der Waals surface area (Å²) >= 11 is 0. The van der Waals surface area contributed by atoms with Crippen molar-refractivity contribution in [2.24, 2.45) is 11.8 Å². The SMILES string of the molecule is CCCC(CCC)C(NN)c1ncc(OC)nc1OC. The summed E-state index contributed by atoms with van der Waals surface area (Å²) in [4.78, 5) is 8.70. The highest BCUT2D eigenvalue weighted by molar-refractivity contribution is 5.26. The van der Waals surface area contributed by atoms with E-state index in [0.717, 1.165) is 31.4 Å². The Bertz CT molecular complexity index is 395. The van der Waals surface area contributed by atoms with Gasteiger partial charge in [0.25, 0.3) is 0 Å².